The molecule has 3 nitrogen and oxygen atoms in total. The molecule has 4 heteroatoms. The van der Waals surface area contributed by atoms with Gasteiger partial charge in [-0.15, -0.1) is 0 Å². The summed E-state index contributed by atoms with van der Waals surface area (Å²) < 4.78 is 5.45. The minimum Gasteiger partial charge on any atom is -0.392 e. The molecule has 102 valence electrons. The summed E-state index contributed by atoms with van der Waals surface area (Å²) in [6.07, 6.45) is -0.840. The second kappa shape index (κ2) is 8.53. The average Bonchev–Trinajstić information content (AvgIpc) is 2.37. The fourth-order valence-corrected chi connectivity index (χ4v) is 2.24. The molecular formula is C14H22O3S. The fourth-order valence-electron chi connectivity index (χ4n) is 1.34. The van der Waals surface area contributed by atoms with Crippen molar-refractivity contribution >= 4 is 11.8 Å². The SMILES string of the molecule is CC(O)C(C)SCC(O)COCc1ccccc1. The number of aliphatic hydroxyl groups excluding tert-OH is 2. The van der Waals surface area contributed by atoms with Gasteiger partial charge in [-0.25, -0.2) is 0 Å². The first-order valence-electron chi connectivity index (χ1n) is 6.19. The van der Waals surface area contributed by atoms with E-state index in [0.717, 1.165) is 5.56 Å². The highest BCUT2D eigenvalue weighted by atomic mass is 32.2. The van der Waals surface area contributed by atoms with Crippen molar-refractivity contribution in [1.29, 1.82) is 0 Å². The molecule has 0 bridgehead atoms. The molecule has 0 saturated heterocycles. The first kappa shape index (κ1) is 15.5. The van der Waals surface area contributed by atoms with Crippen LogP contribution < -0.4 is 0 Å². The lowest BCUT2D eigenvalue weighted by atomic mass is 10.2. The van der Waals surface area contributed by atoms with Crippen LogP contribution in [0.2, 0.25) is 0 Å². The lowest BCUT2D eigenvalue weighted by Crippen LogP contribution is -2.22. The van der Waals surface area contributed by atoms with Crippen LogP contribution in [0.3, 0.4) is 0 Å². The first-order valence-corrected chi connectivity index (χ1v) is 7.24. The molecule has 3 atom stereocenters. The molecule has 0 aliphatic heterocycles. The predicted molar refractivity (Wildman–Crippen MR) is 75.7 cm³/mol. The van der Waals surface area contributed by atoms with E-state index < -0.39 is 6.10 Å². The lowest BCUT2D eigenvalue weighted by molar-refractivity contribution is 0.0397. The van der Waals surface area contributed by atoms with Crippen molar-refractivity contribution < 1.29 is 14.9 Å². The van der Waals surface area contributed by atoms with Crippen LogP contribution in [0.1, 0.15) is 19.4 Å². The van der Waals surface area contributed by atoms with Gasteiger partial charge in [0.15, 0.2) is 0 Å². The summed E-state index contributed by atoms with van der Waals surface area (Å²) in [5.41, 5.74) is 1.11. The van der Waals surface area contributed by atoms with Gasteiger partial charge in [0.25, 0.3) is 0 Å². The highest BCUT2D eigenvalue weighted by molar-refractivity contribution is 7.99. The Bertz CT molecular complexity index is 316. The molecule has 1 aromatic carbocycles. The van der Waals surface area contributed by atoms with E-state index in [1.165, 1.54) is 0 Å². The number of benzene rings is 1. The highest BCUT2D eigenvalue weighted by Gasteiger charge is 2.12. The van der Waals surface area contributed by atoms with Crippen LogP contribution in [0.15, 0.2) is 30.3 Å². The molecule has 1 aromatic rings. The smallest absolute Gasteiger partial charge is 0.0864 e. The van der Waals surface area contributed by atoms with Crippen molar-refractivity contribution in [3.63, 3.8) is 0 Å². The van der Waals surface area contributed by atoms with E-state index in [4.69, 9.17) is 4.74 Å². The summed E-state index contributed by atoms with van der Waals surface area (Å²) in [4.78, 5) is 0. The van der Waals surface area contributed by atoms with Gasteiger partial charge >= 0.3 is 0 Å². The van der Waals surface area contributed by atoms with E-state index >= 15 is 0 Å². The first-order chi connectivity index (χ1) is 8.59. The molecule has 18 heavy (non-hydrogen) atoms. The van der Waals surface area contributed by atoms with Gasteiger partial charge < -0.3 is 14.9 Å². The third-order valence-corrected chi connectivity index (χ3v) is 4.15. The molecule has 1 rings (SSSR count). The van der Waals surface area contributed by atoms with E-state index in [9.17, 15) is 10.2 Å². The molecule has 0 aromatic heterocycles. The highest BCUT2D eigenvalue weighted by Crippen LogP contribution is 2.15. The van der Waals surface area contributed by atoms with Gasteiger partial charge in [-0.3, -0.25) is 0 Å². The van der Waals surface area contributed by atoms with Crippen LogP contribution in [-0.2, 0) is 11.3 Å². The number of thioether (sulfide) groups is 1. The molecule has 2 N–H and O–H groups in total. The van der Waals surface area contributed by atoms with E-state index in [1.807, 2.05) is 37.3 Å². The Balaban J connectivity index is 2.12. The average molecular weight is 270 g/mol. The minimum absolute atomic E-state index is 0.133. The Kier molecular flexibility index (Phi) is 7.35. The molecule has 0 aliphatic carbocycles. The van der Waals surface area contributed by atoms with Crippen LogP contribution >= 0.6 is 11.8 Å². The zero-order chi connectivity index (χ0) is 13.4. The fraction of sp³-hybridized carbons (Fsp3) is 0.571. The molecule has 0 heterocycles. The number of aliphatic hydroxyl groups is 2. The van der Waals surface area contributed by atoms with Crippen LogP contribution in [0.5, 0.6) is 0 Å². The van der Waals surface area contributed by atoms with Crippen LogP contribution in [-0.4, -0.2) is 40.0 Å². The number of rotatable bonds is 8. The Labute approximate surface area is 113 Å². The Morgan fingerprint density at radius 3 is 2.44 bits per heavy atom. The second-order valence-electron chi connectivity index (χ2n) is 4.43. The van der Waals surface area contributed by atoms with Gasteiger partial charge in [0.2, 0.25) is 0 Å². The van der Waals surface area contributed by atoms with Gasteiger partial charge in [-0.05, 0) is 12.5 Å². The van der Waals surface area contributed by atoms with E-state index in [2.05, 4.69) is 0 Å². The summed E-state index contributed by atoms with van der Waals surface area (Å²) in [7, 11) is 0. The minimum atomic E-state index is -0.486. The summed E-state index contributed by atoms with van der Waals surface area (Å²) in [6, 6.07) is 9.89. The van der Waals surface area contributed by atoms with Gasteiger partial charge in [0.05, 0.1) is 25.4 Å². The predicted octanol–water partition coefficient (Wildman–Crippen LogP) is 2.07. The van der Waals surface area contributed by atoms with Crippen LogP contribution in [0.4, 0.5) is 0 Å². The van der Waals surface area contributed by atoms with Crippen molar-refractivity contribution in [3.05, 3.63) is 35.9 Å². The Hall–Kier alpha value is -0.550. The quantitative estimate of drug-likeness (QED) is 0.759. The standard InChI is InChI=1S/C14H22O3S/c1-11(15)12(2)18-10-14(16)9-17-8-13-6-4-3-5-7-13/h3-7,11-12,14-16H,8-10H2,1-2H3. The number of hydrogen-bond acceptors (Lipinski definition) is 4. The van der Waals surface area contributed by atoms with Gasteiger partial charge in [0.1, 0.15) is 0 Å². The molecule has 0 aliphatic rings. The summed E-state index contributed by atoms with van der Waals surface area (Å²) >= 11 is 1.56. The molecule has 3 unspecified atom stereocenters. The molecule has 0 radical (unpaired) electrons. The summed E-state index contributed by atoms with van der Waals surface area (Å²) in [5.74, 6) is 0.584. The zero-order valence-corrected chi connectivity index (χ0v) is 11.8. The molecule has 0 fully saturated rings. The third kappa shape index (κ3) is 6.40. The van der Waals surface area contributed by atoms with E-state index in [-0.39, 0.29) is 11.4 Å². The van der Waals surface area contributed by atoms with E-state index in [0.29, 0.717) is 19.0 Å². The third-order valence-electron chi connectivity index (χ3n) is 2.65. The van der Waals surface area contributed by atoms with Crippen molar-refractivity contribution in [2.45, 2.75) is 37.9 Å². The Morgan fingerprint density at radius 2 is 1.83 bits per heavy atom. The summed E-state index contributed by atoms with van der Waals surface area (Å²) in [5, 5.41) is 19.2. The zero-order valence-electron chi connectivity index (χ0n) is 11.0. The van der Waals surface area contributed by atoms with Crippen LogP contribution in [0.25, 0.3) is 0 Å². The maximum absolute atomic E-state index is 9.73. The van der Waals surface area contributed by atoms with E-state index in [1.54, 1.807) is 18.7 Å². The number of hydrogen-bond donors (Lipinski definition) is 2. The maximum atomic E-state index is 9.73. The van der Waals surface area contributed by atoms with Crippen molar-refractivity contribution in [2.75, 3.05) is 12.4 Å². The normalized spacial score (nSPS) is 16.2. The summed E-state index contributed by atoms with van der Waals surface area (Å²) in [6.45, 7) is 4.56. The van der Waals surface area contributed by atoms with Crippen LogP contribution in [0, 0.1) is 0 Å². The van der Waals surface area contributed by atoms with Crippen molar-refractivity contribution in [1.82, 2.24) is 0 Å². The molecule has 0 saturated carbocycles. The molecular weight excluding hydrogens is 248 g/mol. The molecule has 0 spiro atoms. The molecule has 0 amide bonds. The van der Waals surface area contributed by atoms with Gasteiger partial charge in [-0.2, -0.15) is 11.8 Å². The lowest BCUT2D eigenvalue weighted by Gasteiger charge is -2.17. The van der Waals surface area contributed by atoms with Gasteiger partial charge in [-0.1, -0.05) is 37.3 Å². The number of ether oxygens (including phenoxy) is 1. The topological polar surface area (TPSA) is 49.7 Å². The van der Waals surface area contributed by atoms with Gasteiger partial charge in [0, 0.05) is 11.0 Å². The Morgan fingerprint density at radius 1 is 1.17 bits per heavy atom. The maximum Gasteiger partial charge on any atom is 0.0864 e. The second-order valence-corrected chi connectivity index (χ2v) is 5.84. The monoisotopic (exact) mass is 270 g/mol. The largest absolute Gasteiger partial charge is 0.392 e. The van der Waals surface area contributed by atoms with Crippen molar-refractivity contribution in [3.8, 4) is 0 Å². The van der Waals surface area contributed by atoms with Crippen molar-refractivity contribution in [2.24, 2.45) is 0 Å².